The van der Waals surface area contributed by atoms with Crippen molar-refractivity contribution in [1.82, 2.24) is 5.48 Å². The SMILES string of the molecule is Nc1cc(F)ccc1C(=O)NO. The van der Waals surface area contributed by atoms with Crippen LogP contribution in [-0.4, -0.2) is 11.1 Å². The molecule has 0 atom stereocenters. The third kappa shape index (κ3) is 1.51. The van der Waals surface area contributed by atoms with E-state index >= 15 is 0 Å². The fourth-order valence-electron chi connectivity index (χ4n) is 0.801. The number of amides is 1. The highest BCUT2D eigenvalue weighted by atomic mass is 19.1. The smallest absolute Gasteiger partial charge is 0.276 e. The van der Waals surface area contributed by atoms with Crippen LogP contribution in [0.2, 0.25) is 0 Å². The molecule has 0 radical (unpaired) electrons. The van der Waals surface area contributed by atoms with Crippen molar-refractivity contribution in [2.24, 2.45) is 0 Å². The summed E-state index contributed by atoms with van der Waals surface area (Å²) in [6, 6.07) is 3.28. The van der Waals surface area contributed by atoms with Crippen LogP contribution in [0.25, 0.3) is 0 Å². The van der Waals surface area contributed by atoms with E-state index < -0.39 is 11.7 Å². The van der Waals surface area contributed by atoms with E-state index in [1.807, 2.05) is 0 Å². The van der Waals surface area contributed by atoms with Gasteiger partial charge in [0.1, 0.15) is 5.82 Å². The number of hydrogen-bond donors (Lipinski definition) is 3. The third-order valence-corrected chi connectivity index (χ3v) is 1.36. The van der Waals surface area contributed by atoms with E-state index in [1.165, 1.54) is 11.5 Å². The molecule has 0 bridgehead atoms. The number of hydrogen-bond acceptors (Lipinski definition) is 3. The Morgan fingerprint density at radius 3 is 2.75 bits per heavy atom. The zero-order valence-corrected chi connectivity index (χ0v) is 6.04. The van der Waals surface area contributed by atoms with Crippen LogP contribution >= 0.6 is 0 Å². The summed E-state index contributed by atoms with van der Waals surface area (Å²) in [4.78, 5) is 10.8. The normalized spacial score (nSPS) is 9.50. The third-order valence-electron chi connectivity index (χ3n) is 1.36. The highest BCUT2D eigenvalue weighted by Gasteiger charge is 2.08. The van der Waals surface area contributed by atoms with Gasteiger partial charge in [0, 0.05) is 5.69 Å². The van der Waals surface area contributed by atoms with Crippen molar-refractivity contribution in [3.05, 3.63) is 29.6 Å². The molecule has 1 aromatic rings. The lowest BCUT2D eigenvalue weighted by atomic mass is 10.2. The molecule has 0 aliphatic heterocycles. The molecular formula is C7H7FN2O2. The maximum Gasteiger partial charge on any atom is 0.276 e. The van der Waals surface area contributed by atoms with Crippen molar-refractivity contribution >= 4 is 11.6 Å². The Morgan fingerprint density at radius 2 is 2.25 bits per heavy atom. The summed E-state index contributed by atoms with van der Waals surface area (Å²) in [5.41, 5.74) is 6.71. The molecule has 1 rings (SSSR count). The fourth-order valence-corrected chi connectivity index (χ4v) is 0.801. The summed E-state index contributed by atoms with van der Waals surface area (Å²) in [5.74, 6) is -1.28. The zero-order valence-electron chi connectivity index (χ0n) is 6.04. The Kier molecular flexibility index (Phi) is 2.25. The average Bonchev–Trinajstić information content (AvgIpc) is 2.03. The van der Waals surface area contributed by atoms with Gasteiger partial charge in [-0.2, -0.15) is 0 Å². The summed E-state index contributed by atoms with van der Waals surface area (Å²) in [7, 11) is 0. The predicted octanol–water partition coefficient (Wildman–Crippen LogP) is 0.527. The van der Waals surface area contributed by atoms with Gasteiger partial charge < -0.3 is 5.73 Å². The van der Waals surface area contributed by atoms with Crippen molar-refractivity contribution in [3.63, 3.8) is 0 Å². The van der Waals surface area contributed by atoms with Crippen LogP contribution in [0.3, 0.4) is 0 Å². The second-order valence-electron chi connectivity index (χ2n) is 2.17. The van der Waals surface area contributed by atoms with Gasteiger partial charge in [-0.3, -0.25) is 10.0 Å². The number of nitrogens with two attached hydrogens (primary N) is 1. The zero-order chi connectivity index (χ0) is 9.14. The number of benzene rings is 1. The number of carbonyl (C=O) groups is 1. The number of nitrogens with one attached hydrogen (secondary N) is 1. The quantitative estimate of drug-likeness (QED) is 0.327. The first-order chi connectivity index (χ1) is 5.65. The minimum atomic E-state index is -0.757. The molecular weight excluding hydrogens is 163 g/mol. The number of anilines is 1. The fraction of sp³-hybridized carbons (Fsp3) is 0. The molecule has 0 aliphatic rings. The van der Waals surface area contributed by atoms with Gasteiger partial charge in [0.05, 0.1) is 5.56 Å². The van der Waals surface area contributed by atoms with Gasteiger partial charge >= 0.3 is 0 Å². The number of rotatable bonds is 1. The lowest BCUT2D eigenvalue weighted by molar-refractivity contribution is 0.0707. The van der Waals surface area contributed by atoms with Crippen molar-refractivity contribution in [2.45, 2.75) is 0 Å². The van der Waals surface area contributed by atoms with Gasteiger partial charge in [-0.05, 0) is 18.2 Å². The number of nitrogen functional groups attached to an aromatic ring is 1. The van der Waals surface area contributed by atoms with Crippen LogP contribution in [-0.2, 0) is 0 Å². The van der Waals surface area contributed by atoms with E-state index in [9.17, 15) is 9.18 Å². The first-order valence-electron chi connectivity index (χ1n) is 3.14. The van der Waals surface area contributed by atoms with Crippen LogP contribution in [0, 0.1) is 5.82 Å². The number of hydroxylamine groups is 1. The molecule has 0 spiro atoms. The monoisotopic (exact) mass is 170 g/mol. The Morgan fingerprint density at radius 1 is 1.58 bits per heavy atom. The predicted molar refractivity (Wildman–Crippen MR) is 40.1 cm³/mol. The summed E-state index contributed by atoms with van der Waals surface area (Å²) in [6.45, 7) is 0. The highest BCUT2D eigenvalue weighted by Crippen LogP contribution is 2.12. The highest BCUT2D eigenvalue weighted by molar-refractivity contribution is 5.98. The van der Waals surface area contributed by atoms with E-state index in [0.717, 1.165) is 12.1 Å². The summed E-state index contributed by atoms with van der Waals surface area (Å²) < 4.78 is 12.4. The Bertz CT molecular complexity index is 314. The Hall–Kier alpha value is -1.62. The molecule has 0 fully saturated rings. The number of carbonyl (C=O) groups excluding carboxylic acids is 1. The molecule has 0 aromatic heterocycles. The second-order valence-corrected chi connectivity index (χ2v) is 2.17. The van der Waals surface area contributed by atoms with Gasteiger partial charge in [0.15, 0.2) is 0 Å². The van der Waals surface area contributed by atoms with Crippen LogP contribution in [0.15, 0.2) is 18.2 Å². The average molecular weight is 170 g/mol. The molecule has 1 aromatic carbocycles. The van der Waals surface area contributed by atoms with Crippen LogP contribution in [0.1, 0.15) is 10.4 Å². The standard InChI is InChI=1S/C7H7FN2O2/c8-4-1-2-5(6(9)3-4)7(11)10-12/h1-3,12H,9H2,(H,10,11). The molecule has 1 amide bonds. The molecule has 0 aliphatic carbocycles. The molecule has 0 saturated heterocycles. The van der Waals surface area contributed by atoms with Crippen molar-refractivity contribution in [1.29, 1.82) is 0 Å². The molecule has 5 heteroatoms. The van der Waals surface area contributed by atoms with E-state index in [4.69, 9.17) is 10.9 Å². The first-order valence-corrected chi connectivity index (χ1v) is 3.14. The van der Waals surface area contributed by atoms with Crippen LogP contribution in [0.4, 0.5) is 10.1 Å². The molecule has 0 saturated carbocycles. The second kappa shape index (κ2) is 3.19. The van der Waals surface area contributed by atoms with Gasteiger partial charge in [-0.25, -0.2) is 9.87 Å². The van der Waals surface area contributed by atoms with Crippen LogP contribution < -0.4 is 11.2 Å². The Labute approximate surface area is 67.8 Å². The maximum atomic E-state index is 12.4. The maximum absolute atomic E-state index is 12.4. The lowest BCUT2D eigenvalue weighted by Crippen LogP contribution is -2.20. The van der Waals surface area contributed by atoms with Crippen molar-refractivity contribution < 1.29 is 14.4 Å². The van der Waals surface area contributed by atoms with Crippen molar-refractivity contribution in [3.8, 4) is 0 Å². The molecule has 4 N–H and O–H groups in total. The largest absolute Gasteiger partial charge is 0.398 e. The van der Waals surface area contributed by atoms with E-state index in [-0.39, 0.29) is 11.3 Å². The van der Waals surface area contributed by atoms with Crippen LogP contribution in [0.5, 0.6) is 0 Å². The molecule has 12 heavy (non-hydrogen) atoms. The first kappa shape index (κ1) is 8.48. The molecule has 64 valence electrons. The minimum Gasteiger partial charge on any atom is -0.398 e. The van der Waals surface area contributed by atoms with E-state index in [2.05, 4.69) is 0 Å². The summed E-state index contributed by atoms with van der Waals surface area (Å²) in [5, 5.41) is 8.23. The van der Waals surface area contributed by atoms with Crippen molar-refractivity contribution in [2.75, 3.05) is 5.73 Å². The van der Waals surface area contributed by atoms with Gasteiger partial charge in [-0.15, -0.1) is 0 Å². The van der Waals surface area contributed by atoms with E-state index in [1.54, 1.807) is 0 Å². The molecule has 4 nitrogen and oxygen atoms in total. The topological polar surface area (TPSA) is 75.4 Å². The molecule has 0 heterocycles. The lowest BCUT2D eigenvalue weighted by Gasteiger charge is -2.01. The summed E-state index contributed by atoms with van der Waals surface area (Å²) in [6.07, 6.45) is 0. The Balaban J connectivity index is 3.09. The van der Waals surface area contributed by atoms with E-state index in [0.29, 0.717) is 0 Å². The van der Waals surface area contributed by atoms with Gasteiger partial charge in [0.25, 0.3) is 5.91 Å². The number of halogens is 1. The summed E-state index contributed by atoms with van der Waals surface area (Å²) >= 11 is 0. The van der Waals surface area contributed by atoms with Gasteiger partial charge in [0.2, 0.25) is 0 Å². The van der Waals surface area contributed by atoms with Gasteiger partial charge in [-0.1, -0.05) is 0 Å². The molecule has 0 unspecified atom stereocenters. The minimum absolute atomic E-state index is 0.0125.